The van der Waals surface area contributed by atoms with E-state index < -0.39 is 0 Å². The summed E-state index contributed by atoms with van der Waals surface area (Å²) in [5.74, 6) is 0. The molecule has 0 unspecified atom stereocenters. The number of benzene rings is 1. The van der Waals surface area contributed by atoms with Gasteiger partial charge in [-0.1, -0.05) is 24.3 Å². The van der Waals surface area contributed by atoms with Crippen molar-refractivity contribution < 1.29 is 0 Å². The number of nitrogens with zero attached hydrogens (tertiary/aromatic N) is 7. The first-order valence-corrected chi connectivity index (χ1v) is 10.2. The van der Waals surface area contributed by atoms with E-state index in [-0.39, 0.29) is 0 Å². The monoisotopic (exact) mass is 409 g/mol. The zero-order valence-corrected chi connectivity index (χ0v) is 16.8. The van der Waals surface area contributed by atoms with Crippen LogP contribution in [0, 0.1) is 0 Å². The van der Waals surface area contributed by atoms with E-state index in [9.17, 15) is 0 Å². The molecule has 0 aliphatic rings. The smallest absolute Gasteiger partial charge is 0.154 e. The topological polar surface area (TPSA) is 73.8 Å². The number of fused-ring (bicyclic) bond motifs is 2. The Morgan fingerprint density at radius 2 is 1.57 bits per heavy atom. The number of hydrogen-bond acceptors (Lipinski definition) is 6. The SMILES string of the molecule is Cn1nccc1-c1nnc(-c2ccc(-c3cn4ncccc4n3)s2)c2ccccc12. The van der Waals surface area contributed by atoms with Crippen LogP contribution in [0.25, 0.3) is 48.9 Å². The second kappa shape index (κ2) is 6.57. The molecule has 0 fully saturated rings. The van der Waals surface area contributed by atoms with Gasteiger partial charge in [-0.3, -0.25) is 4.68 Å². The fourth-order valence-electron chi connectivity index (χ4n) is 3.63. The van der Waals surface area contributed by atoms with Gasteiger partial charge in [0.1, 0.15) is 17.1 Å². The molecule has 0 saturated carbocycles. The van der Waals surface area contributed by atoms with E-state index in [0.717, 1.165) is 48.9 Å². The normalized spacial score (nSPS) is 11.5. The maximum Gasteiger partial charge on any atom is 0.154 e. The van der Waals surface area contributed by atoms with Crippen molar-refractivity contribution in [1.29, 1.82) is 0 Å². The largest absolute Gasteiger partial charge is 0.266 e. The second-order valence-corrected chi connectivity index (χ2v) is 7.98. The van der Waals surface area contributed by atoms with E-state index in [0.29, 0.717) is 0 Å². The fourth-order valence-corrected chi connectivity index (χ4v) is 4.59. The summed E-state index contributed by atoms with van der Waals surface area (Å²) >= 11 is 1.65. The van der Waals surface area contributed by atoms with Crippen molar-refractivity contribution >= 4 is 27.8 Å². The van der Waals surface area contributed by atoms with Crippen LogP contribution in [-0.4, -0.2) is 34.6 Å². The van der Waals surface area contributed by atoms with Crippen molar-refractivity contribution in [3.05, 3.63) is 73.2 Å². The Bertz CT molecular complexity index is 1490. The minimum absolute atomic E-state index is 0.827. The molecule has 0 aliphatic heterocycles. The lowest BCUT2D eigenvalue weighted by atomic mass is 10.1. The lowest BCUT2D eigenvalue weighted by Gasteiger charge is -2.08. The molecule has 144 valence electrons. The van der Waals surface area contributed by atoms with Crippen molar-refractivity contribution in [2.75, 3.05) is 0 Å². The van der Waals surface area contributed by atoms with Gasteiger partial charge >= 0.3 is 0 Å². The van der Waals surface area contributed by atoms with Gasteiger partial charge in [0, 0.05) is 30.2 Å². The molecule has 0 atom stereocenters. The first kappa shape index (κ1) is 17.0. The van der Waals surface area contributed by atoms with Gasteiger partial charge < -0.3 is 0 Å². The van der Waals surface area contributed by atoms with Crippen LogP contribution in [0.2, 0.25) is 0 Å². The molecule has 0 amide bonds. The molecule has 5 aromatic heterocycles. The van der Waals surface area contributed by atoms with Gasteiger partial charge in [0.25, 0.3) is 0 Å². The minimum Gasteiger partial charge on any atom is -0.266 e. The molecule has 6 aromatic rings. The van der Waals surface area contributed by atoms with Crippen LogP contribution in [0.4, 0.5) is 0 Å². The summed E-state index contributed by atoms with van der Waals surface area (Å²) in [5.41, 5.74) is 4.36. The Labute approximate surface area is 175 Å². The van der Waals surface area contributed by atoms with Crippen molar-refractivity contribution in [2.24, 2.45) is 7.05 Å². The van der Waals surface area contributed by atoms with Crippen molar-refractivity contribution in [3.63, 3.8) is 0 Å². The lowest BCUT2D eigenvalue weighted by Crippen LogP contribution is -1.99. The summed E-state index contributed by atoms with van der Waals surface area (Å²) in [5, 5.41) is 19.9. The Kier molecular flexibility index (Phi) is 3.72. The van der Waals surface area contributed by atoms with Crippen LogP contribution in [0.3, 0.4) is 0 Å². The Balaban J connectivity index is 1.49. The van der Waals surface area contributed by atoms with Gasteiger partial charge in [-0.15, -0.1) is 21.5 Å². The third kappa shape index (κ3) is 2.61. The molecule has 0 N–H and O–H groups in total. The van der Waals surface area contributed by atoms with Gasteiger partial charge in [-0.25, -0.2) is 9.50 Å². The van der Waals surface area contributed by atoms with E-state index in [2.05, 4.69) is 49.6 Å². The van der Waals surface area contributed by atoms with Crippen LogP contribution in [0.5, 0.6) is 0 Å². The Morgan fingerprint density at radius 1 is 0.767 bits per heavy atom. The highest BCUT2D eigenvalue weighted by Gasteiger charge is 2.16. The molecule has 0 radical (unpaired) electrons. The number of hydrogen-bond donors (Lipinski definition) is 0. The molecule has 5 heterocycles. The van der Waals surface area contributed by atoms with E-state index in [1.165, 1.54) is 0 Å². The third-order valence-corrected chi connectivity index (χ3v) is 6.19. The first-order valence-electron chi connectivity index (χ1n) is 9.43. The second-order valence-electron chi connectivity index (χ2n) is 6.90. The highest BCUT2D eigenvalue weighted by Crippen LogP contribution is 2.37. The summed E-state index contributed by atoms with van der Waals surface area (Å²) in [7, 11) is 1.91. The Morgan fingerprint density at radius 3 is 2.37 bits per heavy atom. The molecule has 1 aromatic carbocycles. The van der Waals surface area contributed by atoms with Crippen LogP contribution in [-0.2, 0) is 7.05 Å². The van der Waals surface area contributed by atoms with Gasteiger partial charge in [-0.2, -0.15) is 10.2 Å². The summed E-state index contributed by atoms with van der Waals surface area (Å²) in [6, 6.07) is 18.2. The van der Waals surface area contributed by atoms with Gasteiger partial charge in [-0.05, 0) is 30.3 Å². The predicted molar refractivity (Wildman–Crippen MR) is 117 cm³/mol. The van der Waals surface area contributed by atoms with Crippen LogP contribution >= 0.6 is 11.3 Å². The average Bonchev–Trinajstić information content (AvgIpc) is 3.52. The third-order valence-electron chi connectivity index (χ3n) is 5.08. The highest BCUT2D eigenvalue weighted by molar-refractivity contribution is 7.18. The highest BCUT2D eigenvalue weighted by atomic mass is 32.1. The number of aromatic nitrogens is 7. The lowest BCUT2D eigenvalue weighted by molar-refractivity contribution is 0.772. The van der Waals surface area contributed by atoms with Crippen molar-refractivity contribution in [2.45, 2.75) is 0 Å². The molecule has 8 heteroatoms. The standard InChI is InChI=1S/C22H15N7S/c1-28-17(10-12-23-28)21-14-5-2-3-6-15(14)22(27-26-21)19-9-8-18(30-19)16-13-29-20(25-16)7-4-11-24-29/h2-13H,1H3. The minimum atomic E-state index is 0.827. The molecule has 30 heavy (non-hydrogen) atoms. The van der Waals surface area contributed by atoms with Crippen molar-refractivity contribution in [3.8, 4) is 32.5 Å². The van der Waals surface area contributed by atoms with Crippen LogP contribution in [0.15, 0.2) is 73.2 Å². The average molecular weight is 409 g/mol. The van der Waals surface area contributed by atoms with Crippen LogP contribution < -0.4 is 0 Å². The van der Waals surface area contributed by atoms with E-state index >= 15 is 0 Å². The molecular weight excluding hydrogens is 394 g/mol. The first-order chi connectivity index (χ1) is 14.8. The molecule has 7 nitrogen and oxygen atoms in total. The Hall–Kier alpha value is -3.91. The van der Waals surface area contributed by atoms with E-state index in [4.69, 9.17) is 0 Å². The van der Waals surface area contributed by atoms with Gasteiger partial charge in [0.05, 0.1) is 21.6 Å². The van der Waals surface area contributed by atoms with E-state index in [1.807, 2.05) is 48.3 Å². The molecule has 6 rings (SSSR count). The summed E-state index contributed by atoms with van der Waals surface area (Å²) in [6.45, 7) is 0. The molecule has 0 spiro atoms. The van der Waals surface area contributed by atoms with E-state index in [1.54, 1.807) is 28.2 Å². The number of rotatable bonds is 3. The zero-order chi connectivity index (χ0) is 20.1. The van der Waals surface area contributed by atoms with Crippen LogP contribution in [0.1, 0.15) is 0 Å². The summed E-state index contributed by atoms with van der Waals surface area (Å²) in [4.78, 5) is 6.79. The van der Waals surface area contributed by atoms with Crippen molar-refractivity contribution in [1.82, 2.24) is 34.6 Å². The number of thiophene rings is 1. The quantitative estimate of drug-likeness (QED) is 0.431. The van der Waals surface area contributed by atoms with Gasteiger partial charge in [0.15, 0.2) is 5.65 Å². The summed E-state index contributed by atoms with van der Waals surface area (Å²) in [6.07, 6.45) is 5.47. The molecular formula is C22H15N7S. The number of imidazole rings is 1. The zero-order valence-electron chi connectivity index (χ0n) is 16.0. The predicted octanol–water partition coefficient (Wildman–Crippen LogP) is 4.47. The molecule has 0 bridgehead atoms. The fraction of sp³-hybridized carbons (Fsp3) is 0.0455. The molecule has 0 aliphatic carbocycles. The molecule has 0 saturated heterocycles. The maximum atomic E-state index is 4.68. The summed E-state index contributed by atoms with van der Waals surface area (Å²) < 4.78 is 3.60. The maximum absolute atomic E-state index is 4.68. The number of aryl methyl sites for hydroxylation is 1. The van der Waals surface area contributed by atoms with Gasteiger partial charge in [0.2, 0.25) is 0 Å².